The Balaban J connectivity index is 2.19. The number of carboxylic acid groups (broad SMARTS) is 1. The zero-order valence-corrected chi connectivity index (χ0v) is 13.6. The number of carbonyl (C=O) groups excluding carboxylic acids is 1. The van der Waals surface area contributed by atoms with Crippen molar-refractivity contribution in [1.29, 1.82) is 0 Å². The molecule has 124 valence electrons. The summed E-state index contributed by atoms with van der Waals surface area (Å²) in [5.41, 5.74) is 1.10. The number of benzene rings is 1. The van der Waals surface area contributed by atoms with Crippen molar-refractivity contribution in [3.05, 3.63) is 41.0 Å². The normalized spacial score (nSPS) is 19.3. The summed E-state index contributed by atoms with van der Waals surface area (Å²) in [4.78, 5) is 23.9. The number of methoxy groups -OCH3 is 1. The van der Waals surface area contributed by atoms with E-state index in [9.17, 15) is 14.7 Å². The molecule has 1 aliphatic carbocycles. The van der Waals surface area contributed by atoms with Gasteiger partial charge in [0.15, 0.2) is 0 Å². The van der Waals surface area contributed by atoms with Crippen LogP contribution in [-0.2, 0) is 0 Å². The van der Waals surface area contributed by atoms with Crippen LogP contribution < -0.4 is 10.1 Å². The van der Waals surface area contributed by atoms with E-state index >= 15 is 0 Å². The number of allylic oxidation sites excluding steroid dienone is 2. The van der Waals surface area contributed by atoms with E-state index in [0.717, 1.165) is 32.1 Å². The highest BCUT2D eigenvalue weighted by Crippen LogP contribution is 2.24. The standard InChI is InChI=1S/C18H23NO4/c1-12-10-16(23-2)15(18(21)22)11-14(12)17(20)19-13-8-6-4-3-5-7-9-13/h3-4,10-11,13H,5-9H2,1-2H3,(H,19,20)(H,21,22)/b4-3-. The fourth-order valence-electron chi connectivity index (χ4n) is 2.83. The highest BCUT2D eigenvalue weighted by Gasteiger charge is 2.20. The van der Waals surface area contributed by atoms with Gasteiger partial charge in [-0.2, -0.15) is 0 Å². The molecule has 0 aromatic heterocycles. The largest absolute Gasteiger partial charge is 0.496 e. The van der Waals surface area contributed by atoms with Gasteiger partial charge < -0.3 is 15.2 Å². The number of hydrogen-bond donors (Lipinski definition) is 2. The Hall–Kier alpha value is -2.30. The van der Waals surface area contributed by atoms with Gasteiger partial charge in [0.25, 0.3) is 5.91 Å². The van der Waals surface area contributed by atoms with E-state index < -0.39 is 5.97 Å². The minimum atomic E-state index is -1.10. The first-order valence-corrected chi connectivity index (χ1v) is 7.90. The molecule has 0 aliphatic heterocycles. The van der Waals surface area contributed by atoms with Crippen molar-refractivity contribution >= 4 is 11.9 Å². The average Bonchev–Trinajstić information content (AvgIpc) is 2.48. The smallest absolute Gasteiger partial charge is 0.339 e. The van der Waals surface area contributed by atoms with Crippen molar-refractivity contribution in [3.63, 3.8) is 0 Å². The van der Waals surface area contributed by atoms with Gasteiger partial charge in [-0.3, -0.25) is 4.79 Å². The van der Waals surface area contributed by atoms with E-state index in [4.69, 9.17) is 4.74 Å². The van der Waals surface area contributed by atoms with Crippen molar-refractivity contribution in [2.75, 3.05) is 7.11 Å². The van der Waals surface area contributed by atoms with Crippen LogP contribution in [0.25, 0.3) is 0 Å². The minimum Gasteiger partial charge on any atom is -0.496 e. The maximum atomic E-state index is 12.5. The molecule has 1 amide bonds. The van der Waals surface area contributed by atoms with Gasteiger partial charge in [-0.05, 0) is 56.7 Å². The van der Waals surface area contributed by atoms with Crippen LogP contribution in [0.4, 0.5) is 0 Å². The first-order chi connectivity index (χ1) is 11.0. The number of hydrogen-bond acceptors (Lipinski definition) is 3. The maximum Gasteiger partial charge on any atom is 0.339 e. The number of rotatable bonds is 4. The molecule has 5 heteroatoms. The second-order valence-electron chi connectivity index (χ2n) is 5.82. The quantitative estimate of drug-likeness (QED) is 0.835. The zero-order chi connectivity index (χ0) is 16.8. The SMILES string of the molecule is COc1cc(C)c(C(=O)NC2CC/C=C\CCC2)cc1C(=O)O. The van der Waals surface area contributed by atoms with E-state index in [2.05, 4.69) is 17.5 Å². The number of ether oxygens (including phenoxy) is 1. The van der Waals surface area contributed by atoms with E-state index in [1.807, 2.05) is 0 Å². The molecule has 1 aromatic carbocycles. The molecule has 0 saturated carbocycles. The van der Waals surface area contributed by atoms with Gasteiger partial charge in [-0.1, -0.05) is 12.2 Å². The second kappa shape index (κ2) is 7.81. The van der Waals surface area contributed by atoms with Gasteiger partial charge in [0.2, 0.25) is 0 Å². The molecule has 1 aliphatic rings. The number of aryl methyl sites for hydroxylation is 1. The molecule has 5 nitrogen and oxygen atoms in total. The molecule has 0 heterocycles. The molecule has 1 atom stereocenters. The van der Waals surface area contributed by atoms with Gasteiger partial charge in [-0.15, -0.1) is 0 Å². The molecular weight excluding hydrogens is 294 g/mol. The zero-order valence-electron chi connectivity index (χ0n) is 13.6. The summed E-state index contributed by atoms with van der Waals surface area (Å²) in [5.74, 6) is -1.06. The van der Waals surface area contributed by atoms with Gasteiger partial charge >= 0.3 is 5.97 Å². The van der Waals surface area contributed by atoms with E-state index in [1.54, 1.807) is 13.0 Å². The van der Waals surface area contributed by atoms with Crippen LogP contribution >= 0.6 is 0 Å². The highest BCUT2D eigenvalue weighted by atomic mass is 16.5. The molecule has 1 aromatic rings. The first kappa shape index (κ1) is 17.1. The molecule has 0 saturated heterocycles. The monoisotopic (exact) mass is 317 g/mol. The van der Waals surface area contributed by atoms with Crippen LogP contribution in [0, 0.1) is 6.92 Å². The fraction of sp³-hybridized carbons (Fsp3) is 0.444. The number of aromatic carboxylic acids is 1. The summed E-state index contributed by atoms with van der Waals surface area (Å²) in [7, 11) is 1.42. The van der Waals surface area contributed by atoms with E-state index in [0.29, 0.717) is 11.1 Å². The first-order valence-electron chi connectivity index (χ1n) is 7.90. The lowest BCUT2D eigenvalue weighted by molar-refractivity contribution is 0.0693. The Bertz CT molecular complexity index is 622. The molecule has 2 rings (SSSR count). The van der Waals surface area contributed by atoms with Crippen molar-refractivity contribution in [2.24, 2.45) is 0 Å². The third kappa shape index (κ3) is 4.34. The Morgan fingerprint density at radius 1 is 1.17 bits per heavy atom. The second-order valence-corrected chi connectivity index (χ2v) is 5.82. The van der Waals surface area contributed by atoms with Gasteiger partial charge in [0.05, 0.1) is 7.11 Å². The third-order valence-corrected chi connectivity index (χ3v) is 4.13. The van der Waals surface area contributed by atoms with Crippen LogP contribution in [-0.4, -0.2) is 30.1 Å². The van der Waals surface area contributed by atoms with Gasteiger partial charge in [-0.25, -0.2) is 4.79 Å². The predicted molar refractivity (Wildman–Crippen MR) is 88.2 cm³/mol. The summed E-state index contributed by atoms with van der Waals surface area (Å²) >= 11 is 0. The van der Waals surface area contributed by atoms with E-state index in [1.165, 1.54) is 13.2 Å². The maximum absolute atomic E-state index is 12.5. The molecule has 2 N–H and O–H groups in total. The molecule has 0 bridgehead atoms. The van der Waals surface area contributed by atoms with Gasteiger partial charge in [0.1, 0.15) is 11.3 Å². The third-order valence-electron chi connectivity index (χ3n) is 4.13. The molecule has 0 spiro atoms. The summed E-state index contributed by atoms with van der Waals surface area (Å²) in [6, 6.07) is 3.12. The molecule has 0 fully saturated rings. The topological polar surface area (TPSA) is 75.6 Å². The minimum absolute atomic E-state index is 0.00356. The number of carbonyl (C=O) groups is 2. The lowest BCUT2D eigenvalue weighted by Crippen LogP contribution is -2.35. The Morgan fingerprint density at radius 2 is 1.91 bits per heavy atom. The highest BCUT2D eigenvalue weighted by molar-refractivity contribution is 6.00. The molecule has 0 radical (unpaired) electrons. The predicted octanol–water partition coefficient (Wildman–Crippen LogP) is 3.32. The summed E-state index contributed by atoms with van der Waals surface area (Å²) in [5, 5.41) is 12.3. The van der Waals surface area contributed by atoms with Crippen LogP contribution in [0.3, 0.4) is 0 Å². The van der Waals surface area contributed by atoms with Crippen LogP contribution in [0.1, 0.15) is 58.4 Å². The van der Waals surface area contributed by atoms with Crippen molar-refractivity contribution in [1.82, 2.24) is 5.32 Å². The van der Waals surface area contributed by atoms with Crippen LogP contribution in [0.2, 0.25) is 0 Å². The Kier molecular flexibility index (Phi) is 5.79. The van der Waals surface area contributed by atoms with Crippen molar-refractivity contribution in [2.45, 2.75) is 45.1 Å². The van der Waals surface area contributed by atoms with E-state index in [-0.39, 0.29) is 23.3 Å². The van der Waals surface area contributed by atoms with Crippen molar-refractivity contribution in [3.8, 4) is 5.75 Å². The fourth-order valence-corrected chi connectivity index (χ4v) is 2.83. The molecule has 1 unspecified atom stereocenters. The lowest BCUT2D eigenvalue weighted by atomic mass is 9.99. The summed E-state index contributed by atoms with van der Waals surface area (Å²) in [6.45, 7) is 1.78. The average molecular weight is 317 g/mol. The van der Waals surface area contributed by atoms with Crippen LogP contribution in [0.15, 0.2) is 24.3 Å². The molecule has 23 heavy (non-hydrogen) atoms. The molecular formula is C18H23NO4. The van der Waals surface area contributed by atoms with Crippen molar-refractivity contribution < 1.29 is 19.4 Å². The van der Waals surface area contributed by atoms with Crippen LogP contribution in [0.5, 0.6) is 5.75 Å². The summed E-state index contributed by atoms with van der Waals surface area (Å²) < 4.78 is 5.08. The number of nitrogens with one attached hydrogen (secondary N) is 1. The lowest BCUT2D eigenvalue weighted by Gasteiger charge is -2.20. The Labute approximate surface area is 136 Å². The Morgan fingerprint density at radius 3 is 2.61 bits per heavy atom. The number of carboxylic acids is 1. The summed E-state index contributed by atoms with van der Waals surface area (Å²) in [6.07, 6.45) is 9.22. The number of amides is 1. The van der Waals surface area contributed by atoms with Gasteiger partial charge in [0, 0.05) is 11.6 Å².